The zero-order valence-electron chi connectivity index (χ0n) is 9.86. The van der Waals surface area contributed by atoms with E-state index in [9.17, 15) is 0 Å². The highest BCUT2D eigenvalue weighted by molar-refractivity contribution is 5.83. The van der Waals surface area contributed by atoms with E-state index >= 15 is 0 Å². The number of nitrogens with one attached hydrogen (secondary N) is 1. The number of benzene rings is 1. The van der Waals surface area contributed by atoms with E-state index in [1.807, 2.05) is 14.0 Å². The minimum absolute atomic E-state index is 0.626. The second kappa shape index (κ2) is 5.14. The molecule has 1 aromatic carbocycles. The molecule has 1 N–H and O–H groups in total. The van der Waals surface area contributed by atoms with Gasteiger partial charge in [0.1, 0.15) is 6.73 Å². The Morgan fingerprint density at radius 3 is 2.88 bits per heavy atom. The van der Waals surface area contributed by atoms with Gasteiger partial charge in [0, 0.05) is 24.7 Å². The largest absolute Gasteiger partial charge is 0.361 e. The van der Waals surface area contributed by atoms with Crippen LogP contribution in [0.25, 0.3) is 10.9 Å². The summed E-state index contributed by atoms with van der Waals surface area (Å²) in [5, 5.41) is 4.49. The lowest BCUT2D eigenvalue weighted by atomic mass is 10.2. The normalized spacial score (nSPS) is 11.1. The predicted octanol–water partition coefficient (Wildman–Crippen LogP) is 2.35. The highest BCUT2D eigenvalue weighted by Crippen LogP contribution is 2.21. The van der Waals surface area contributed by atoms with E-state index in [2.05, 4.69) is 40.3 Å². The molecule has 0 radical (unpaired) electrons. The standard InChI is InChI=1S/C13H18N2O/c1-3-16-10-15-9-11(8-14-2)12-6-4-5-7-13(12)15/h4-7,9,14H,3,8,10H2,1-2H3. The van der Waals surface area contributed by atoms with Crippen LogP contribution in [0.2, 0.25) is 0 Å². The lowest BCUT2D eigenvalue weighted by Gasteiger charge is -2.04. The van der Waals surface area contributed by atoms with Gasteiger partial charge in [-0.05, 0) is 25.6 Å². The summed E-state index contributed by atoms with van der Waals surface area (Å²) in [6.45, 7) is 4.27. The summed E-state index contributed by atoms with van der Waals surface area (Å²) >= 11 is 0. The van der Waals surface area contributed by atoms with Gasteiger partial charge in [0.05, 0.1) is 5.52 Å². The number of nitrogens with zero attached hydrogens (tertiary/aromatic N) is 1. The van der Waals surface area contributed by atoms with Crippen molar-refractivity contribution in [3.63, 3.8) is 0 Å². The second-order valence-electron chi connectivity index (χ2n) is 3.79. The first-order valence-corrected chi connectivity index (χ1v) is 5.66. The first kappa shape index (κ1) is 11.2. The van der Waals surface area contributed by atoms with Crippen molar-refractivity contribution in [1.29, 1.82) is 0 Å². The van der Waals surface area contributed by atoms with Crippen molar-refractivity contribution in [3.8, 4) is 0 Å². The number of ether oxygens (including phenoxy) is 1. The van der Waals surface area contributed by atoms with Crippen LogP contribution in [0.5, 0.6) is 0 Å². The second-order valence-corrected chi connectivity index (χ2v) is 3.79. The molecule has 0 aliphatic rings. The van der Waals surface area contributed by atoms with Crippen LogP contribution in [0.1, 0.15) is 12.5 Å². The zero-order chi connectivity index (χ0) is 11.4. The third kappa shape index (κ3) is 2.10. The van der Waals surface area contributed by atoms with Crippen molar-refractivity contribution >= 4 is 10.9 Å². The Bertz CT molecular complexity index is 462. The SMILES string of the molecule is CCOCn1cc(CNC)c2ccccc21. The number of hydrogen-bond acceptors (Lipinski definition) is 2. The monoisotopic (exact) mass is 218 g/mol. The molecule has 0 fully saturated rings. The maximum absolute atomic E-state index is 5.46. The van der Waals surface area contributed by atoms with Crippen molar-refractivity contribution in [3.05, 3.63) is 36.0 Å². The molecule has 0 saturated heterocycles. The zero-order valence-corrected chi connectivity index (χ0v) is 9.86. The Balaban J connectivity index is 2.40. The summed E-state index contributed by atoms with van der Waals surface area (Å²) in [6.07, 6.45) is 2.16. The van der Waals surface area contributed by atoms with Crippen molar-refractivity contribution in [2.24, 2.45) is 0 Å². The first-order chi connectivity index (χ1) is 7.86. The number of para-hydroxylation sites is 1. The van der Waals surface area contributed by atoms with Crippen LogP contribution in [0, 0.1) is 0 Å². The first-order valence-electron chi connectivity index (χ1n) is 5.66. The molecule has 0 aliphatic heterocycles. The minimum atomic E-state index is 0.626. The van der Waals surface area contributed by atoms with Crippen molar-refractivity contribution in [2.45, 2.75) is 20.2 Å². The fourth-order valence-corrected chi connectivity index (χ4v) is 1.95. The van der Waals surface area contributed by atoms with Crippen LogP contribution in [-0.4, -0.2) is 18.2 Å². The van der Waals surface area contributed by atoms with E-state index < -0.39 is 0 Å². The summed E-state index contributed by atoms with van der Waals surface area (Å²) in [7, 11) is 1.97. The Morgan fingerprint density at radius 1 is 1.31 bits per heavy atom. The average Bonchev–Trinajstić information content (AvgIpc) is 2.66. The molecule has 0 spiro atoms. The molecule has 16 heavy (non-hydrogen) atoms. The van der Waals surface area contributed by atoms with Crippen molar-refractivity contribution in [2.75, 3.05) is 13.7 Å². The maximum atomic E-state index is 5.46. The number of rotatable bonds is 5. The highest BCUT2D eigenvalue weighted by atomic mass is 16.5. The summed E-state index contributed by atoms with van der Waals surface area (Å²) in [5.74, 6) is 0. The molecule has 0 aliphatic carbocycles. The summed E-state index contributed by atoms with van der Waals surface area (Å²) in [5.41, 5.74) is 2.55. The van der Waals surface area contributed by atoms with Gasteiger partial charge < -0.3 is 14.6 Å². The Labute approximate surface area is 96.0 Å². The molecule has 0 bridgehead atoms. The van der Waals surface area contributed by atoms with Gasteiger partial charge in [0.15, 0.2) is 0 Å². The Hall–Kier alpha value is -1.32. The molecule has 2 rings (SSSR count). The number of fused-ring (bicyclic) bond motifs is 1. The molecule has 0 atom stereocenters. The van der Waals surface area contributed by atoms with Gasteiger partial charge >= 0.3 is 0 Å². The van der Waals surface area contributed by atoms with Gasteiger partial charge in [-0.25, -0.2) is 0 Å². The molecule has 3 nitrogen and oxygen atoms in total. The molecule has 1 heterocycles. The van der Waals surface area contributed by atoms with E-state index in [0.717, 1.165) is 13.2 Å². The molecule has 0 unspecified atom stereocenters. The van der Waals surface area contributed by atoms with Crippen LogP contribution < -0.4 is 5.32 Å². The highest BCUT2D eigenvalue weighted by Gasteiger charge is 2.06. The lowest BCUT2D eigenvalue weighted by molar-refractivity contribution is 0.0908. The molecule has 0 saturated carbocycles. The van der Waals surface area contributed by atoms with Crippen LogP contribution in [0.4, 0.5) is 0 Å². The molecule has 3 heteroatoms. The van der Waals surface area contributed by atoms with E-state index in [1.54, 1.807) is 0 Å². The number of aromatic nitrogens is 1. The fraction of sp³-hybridized carbons (Fsp3) is 0.385. The van der Waals surface area contributed by atoms with E-state index in [4.69, 9.17) is 4.74 Å². The molecule has 86 valence electrons. The van der Waals surface area contributed by atoms with Gasteiger partial charge in [-0.3, -0.25) is 0 Å². The maximum Gasteiger partial charge on any atom is 0.122 e. The fourth-order valence-electron chi connectivity index (χ4n) is 1.95. The van der Waals surface area contributed by atoms with Gasteiger partial charge in [0.2, 0.25) is 0 Å². The van der Waals surface area contributed by atoms with Crippen LogP contribution >= 0.6 is 0 Å². The molecular formula is C13H18N2O. The average molecular weight is 218 g/mol. The molecule has 0 amide bonds. The quantitative estimate of drug-likeness (QED) is 0.833. The predicted molar refractivity (Wildman–Crippen MR) is 66.3 cm³/mol. The number of hydrogen-bond donors (Lipinski definition) is 1. The van der Waals surface area contributed by atoms with Gasteiger partial charge in [-0.2, -0.15) is 0 Å². The Morgan fingerprint density at radius 2 is 2.12 bits per heavy atom. The van der Waals surface area contributed by atoms with Crippen molar-refractivity contribution < 1.29 is 4.74 Å². The van der Waals surface area contributed by atoms with Gasteiger partial charge in [-0.1, -0.05) is 18.2 Å². The minimum Gasteiger partial charge on any atom is -0.361 e. The van der Waals surface area contributed by atoms with E-state index in [-0.39, 0.29) is 0 Å². The van der Waals surface area contributed by atoms with Gasteiger partial charge in [-0.15, -0.1) is 0 Å². The van der Waals surface area contributed by atoms with Crippen LogP contribution in [-0.2, 0) is 18.0 Å². The topological polar surface area (TPSA) is 26.2 Å². The molecular weight excluding hydrogens is 200 g/mol. The third-order valence-corrected chi connectivity index (χ3v) is 2.67. The summed E-state index contributed by atoms with van der Waals surface area (Å²) < 4.78 is 7.62. The van der Waals surface area contributed by atoms with Crippen LogP contribution in [0.15, 0.2) is 30.5 Å². The van der Waals surface area contributed by atoms with Crippen LogP contribution in [0.3, 0.4) is 0 Å². The van der Waals surface area contributed by atoms with E-state index in [1.165, 1.54) is 16.5 Å². The smallest absolute Gasteiger partial charge is 0.122 e. The molecule has 2 aromatic rings. The van der Waals surface area contributed by atoms with Gasteiger partial charge in [0.25, 0.3) is 0 Å². The Kier molecular flexibility index (Phi) is 3.59. The van der Waals surface area contributed by atoms with Crippen molar-refractivity contribution in [1.82, 2.24) is 9.88 Å². The summed E-state index contributed by atoms with van der Waals surface area (Å²) in [4.78, 5) is 0. The lowest BCUT2D eigenvalue weighted by Crippen LogP contribution is -2.04. The summed E-state index contributed by atoms with van der Waals surface area (Å²) in [6, 6.07) is 8.43. The van der Waals surface area contributed by atoms with E-state index in [0.29, 0.717) is 6.73 Å². The third-order valence-electron chi connectivity index (χ3n) is 2.67. The molecule has 1 aromatic heterocycles.